The molecule has 0 aliphatic heterocycles. The number of rotatable bonds is 22. The van der Waals surface area contributed by atoms with E-state index in [2.05, 4.69) is 9.47 Å². The SMILES string of the molecule is O=C(O)OCCCCCCCCCCCCCCCCCCCCCOC(=O)O. The highest BCUT2D eigenvalue weighted by Gasteiger charge is 1.98. The Morgan fingerprint density at radius 2 is 0.552 bits per heavy atom. The van der Waals surface area contributed by atoms with Crippen LogP contribution in [-0.2, 0) is 9.47 Å². The molecule has 0 spiro atoms. The maximum atomic E-state index is 10.2. The highest BCUT2D eigenvalue weighted by atomic mass is 16.7. The first-order valence-electron chi connectivity index (χ1n) is 11.8. The highest BCUT2D eigenvalue weighted by Crippen LogP contribution is 2.14. The van der Waals surface area contributed by atoms with Crippen LogP contribution in [0, 0.1) is 0 Å². The van der Waals surface area contributed by atoms with Gasteiger partial charge in [0.1, 0.15) is 0 Å². The predicted octanol–water partition coefficient (Wildman–Crippen LogP) is 7.79. The molecule has 0 saturated carbocycles. The molecule has 6 heteroatoms. The van der Waals surface area contributed by atoms with Gasteiger partial charge in [-0.25, -0.2) is 9.59 Å². The first-order valence-corrected chi connectivity index (χ1v) is 11.8. The van der Waals surface area contributed by atoms with E-state index in [0.717, 1.165) is 25.7 Å². The van der Waals surface area contributed by atoms with Crippen molar-refractivity contribution in [3.05, 3.63) is 0 Å². The molecule has 6 nitrogen and oxygen atoms in total. The third-order valence-electron chi connectivity index (χ3n) is 5.24. The van der Waals surface area contributed by atoms with Crippen LogP contribution in [0.4, 0.5) is 9.59 Å². The first-order chi connectivity index (χ1) is 14.1. The Labute approximate surface area is 177 Å². The average molecular weight is 417 g/mol. The number of carbonyl (C=O) groups is 2. The quantitative estimate of drug-likeness (QED) is 0.138. The third-order valence-corrected chi connectivity index (χ3v) is 5.24. The zero-order valence-electron chi connectivity index (χ0n) is 18.4. The molecular formula is C23H44O6. The monoisotopic (exact) mass is 416 g/mol. The van der Waals surface area contributed by atoms with E-state index in [1.165, 1.54) is 96.3 Å². The second kappa shape index (κ2) is 22.8. The van der Waals surface area contributed by atoms with Gasteiger partial charge in [-0.1, -0.05) is 109 Å². The molecule has 29 heavy (non-hydrogen) atoms. The lowest BCUT2D eigenvalue weighted by Crippen LogP contribution is -2.01. The Hall–Kier alpha value is -1.46. The molecule has 0 aromatic rings. The van der Waals surface area contributed by atoms with E-state index in [4.69, 9.17) is 10.2 Å². The largest absolute Gasteiger partial charge is 0.505 e. The Morgan fingerprint density at radius 3 is 0.724 bits per heavy atom. The highest BCUT2D eigenvalue weighted by molar-refractivity contribution is 5.56. The predicted molar refractivity (Wildman–Crippen MR) is 116 cm³/mol. The number of unbranched alkanes of at least 4 members (excludes halogenated alkanes) is 18. The summed E-state index contributed by atoms with van der Waals surface area (Å²) in [7, 11) is 0. The van der Waals surface area contributed by atoms with Gasteiger partial charge in [-0.15, -0.1) is 0 Å². The van der Waals surface area contributed by atoms with Gasteiger partial charge in [0.2, 0.25) is 0 Å². The fourth-order valence-electron chi connectivity index (χ4n) is 3.53. The van der Waals surface area contributed by atoms with Crippen LogP contribution in [0.2, 0.25) is 0 Å². The van der Waals surface area contributed by atoms with Gasteiger partial charge in [0.25, 0.3) is 0 Å². The van der Waals surface area contributed by atoms with Crippen molar-refractivity contribution in [2.75, 3.05) is 13.2 Å². The maximum absolute atomic E-state index is 10.2. The molecule has 0 unspecified atom stereocenters. The molecule has 2 N–H and O–H groups in total. The normalized spacial score (nSPS) is 10.8. The minimum Gasteiger partial charge on any atom is -0.450 e. The van der Waals surface area contributed by atoms with E-state index in [9.17, 15) is 9.59 Å². The van der Waals surface area contributed by atoms with Crippen molar-refractivity contribution in [2.45, 2.75) is 122 Å². The van der Waals surface area contributed by atoms with Crippen molar-refractivity contribution in [2.24, 2.45) is 0 Å². The molecule has 0 fully saturated rings. The summed E-state index contributed by atoms with van der Waals surface area (Å²) in [6, 6.07) is 0. The van der Waals surface area contributed by atoms with E-state index in [1.54, 1.807) is 0 Å². The van der Waals surface area contributed by atoms with Gasteiger partial charge < -0.3 is 19.7 Å². The Kier molecular flexibility index (Phi) is 21.7. The zero-order chi connectivity index (χ0) is 21.4. The summed E-state index contributed by atoms with van der Waals surface area (Å²) < 4.78 is 8.97. The first kappa shape index (κ1) is 27.5. The van der Waals surface area contributed by atoms with Crippen molar-refractivity contribution < 1.29 is 29.3 Å². The van der Waals surface area contributed by atoms with Crippen LogP contribution >= 0.6 is 0 Å². The summed E-state index contributed by atoms with van der Waals surface area (Å²) in [5.74, 6) is 0. The van der Waals surface area contributed by atoms with Crippen LogP contribution in [0.25, 0.3) is 0 Å². The molecule has 0 radical (unpaired) electrons. The summed E-state index contributed by atoms with van der Waals surface area (Å²) in [5.41, 5.74) is 0. The maximum Gasteiger partial charge on any atom is 0.505 e. The topological polar surface area (TPSA) is 93.1 Å². The summed E-state index contributed by atoms with van der Waals surface area (Å²) in [5, 5.41) is 16.7. The fraction of sp³-hybridized carbons (Fsp3) is 0.913. The van der Waals surface area contributed by atoms with Crippen LogP contribution in [-0.4, -0.2) is 35.7 Å². The van der Waals surface area contributed by atoms with Gasteiger partial charge in [-0.3, -0.25) is 0 Å². The summed E-state index contributed by atoms with van der Waals surface area (Å²) >= 11 is 0. The van der Waals surface area contributed by atoms with Gasteiger partial charge in [-0.05, 0) is 12.8 Å². The van der Waals surface area contributed by atoms with Crippen LogP contribution in [0.1, 0.15) is 122 Å². The van der Waals surface area contributed by atoms with Gasteiger partial charge in [0, 0.05) is 0 Å². The molecule has 0 heterocycles. The molecule has 0 aliphatic carbocycles. The minimum atomic E-state index is -1.17. The molecule has 0 atom stereocenters. The van der Waals surface area contributed by atoms with E-state index in [-0.39, 0.29) is 0 Å². The molecule has 0 amide bonds. The Balaban J connectivity index is 3.01. The van der Waals surface area contributed by atoms with Crippen LogP contribution in [0.5, 0.6) is 0 Å². The van der Waals surface area contributed by atoms with Crippen molar-refractivity contribution in [3.63, 3.8) is 0 Å². The zero-order valence-corrected chi connectivity index (χ0v) is 18.4. The third kappa shape index (κ3) is 26.5. The van der Waals surface area contributed by atoms with E-state index in [1.807, 2.05) is 0 Å². The molecule has 172 valence electrons. The lowest BCUT2D eigenvalue weighted by molar-refractivity contribution is 0.0887. The molecule has 0 rings (SSSR count). The lowest BCUT2D eigenvalue weighted by Gasteiger charge is -2.04. The number of ether oxygens (including phenoxy) is 2. The number of hydrogen-bond acceptors (Lipinski definition) is 4. The van der Waals surface area contributed by atoms with Crippen LogP contribution in [0.3, 0.4) is 0 Å². The van der Waals surface area contributed by atoms with E-state index >= 15 is 0 Å². The van der Waals surface area contributed by atoms with Crippen LogP contribution in [0.15, 0.2) is 0 Å². The second-order valence-corrected chi connectivity index (χ2v) is 7.95. The standard InChI is InChI=1S/C23H44O6/c24-22(25)28-20-18-16-14-12-10-8-6-4-2-1-3-5-7-9-11-13-15-17-19-21-29-23(26)27/h1-21H2,(H,24,25)(H,26,27). The van der Waals surface area contributed by atoms with E-state index < -0.39 is 12.3 Å². The van der Waals surface area contributed by atoms with Crippen molar-refractivity contribution in [1.82, 2.24) is 0 Å². The van der Waals surface area contributed by atoms with E-state index in [0.29, 0.717) is 13.2 Å². The molecule has 0 saturated heterocycles. The smallest absolute Gasteiger partial charge is 0.450 e. The van der Waals surface area contributed by atoms with Gasteiger partial charge >= 0.3 is 12.3 Å². The molecule has 0 bridgehead atoms. The van der Waals surface area contributed by atoms with Gasteiger partial charge in [0.15, 0.2) is 0 Å². The number of carboxylic acid groups (broad SMARTS) is 2. The van der Waals surface area contributed by atoms with Crippen molar-refractivity contribution in [1.29, 1.82) is 0 Å². The summed E-state index contributed by atoms with van der Waals surface area (Å²) in [6.07, 6.45) is 21.1. The van der Waals surface area contributed by atoms with Gasteiger partial charge in [0.05, 0.1) is 13.2 Å². The Morgan fingerprint density at radius 1 is 0.379 bits per heavy atom. The number of hydrogen-bond donors (Lipinski definition) is 2. The molecular weight excluding hydrogens is 372 g/mol. The van der Waals surface area contributed by atoms with Crippen molar-refractivity contribution >= 4 is 12.3 Å². The van der Waals surface area contributed by atoms with Gasteiger partial charge in [-0.2, -0.15) is 0 Å². The average Bonchev–Trinajstić information content (AvgIpc) is 2.68. The summed E-state index contributed by atoms with van der Waals surface area (Å²) in [6.45, 7) is 0.669. The second-order valence-electron chi connectivity index (χ2n) is 7.95. The molecule has 0 aromatic carbocycles. The minimum absolute atomic E-state index is 0.335. The van der Waals surface area contributed by atoms with Crippen LogP contribution < -0.4 is 0 Å². The lowest BCUT2D eigenvalue weighted by atomic mass is 10.0. The fourth-order valence-corrected chi connectivity index (χ4v) is 3.53. The summed E-state index contributed by atoms with van der Waals surface area (Å²) in [4.78, 5) is 20.4. The molecule has 0 aromatic heterocycles. The molecule has 0 aliphatic rings. The van der Waals surface area contributed by atoms with Crippen molar-refractivity contribution in [3.8, 4) is 0 Å². The Bertz CT molecular complexity index is 338.